The van der Waals surface area contributed by atoms with Gasteiger partial charge in [0.2, 0.25) is 0 Å². The first-order chi connectivity index (χ1) is 7.77. The number of halogens is 1. The normalized spacial score (nSPS) is 22.8. The molecule has 16 heavy (non-hydrogen) atoms. The van der Waals surface area contributed by atoms with Crippen LogP contribution in [0.15, 0.2) is 10.5 Å². The minimum atomic E-state index is -0.457. The number of hydrogen-bond donors (Lipinski definition) is 1. The van der Waals surface area contributed by atoms with E-state index in [9.17, 15) is 5.11 Å². The molecule has 0 amide bonds. The number of thioether (sulfide) groups is 1. The van der Waals surface area contributed by atoms with Crippen LogP contribution in [0.2, 0.25) is 0 Å². The molecule has 1 aromatic carbocycles. The van der Waals surface area contributed by atoms with Gasteiger partial charge in [-0.05, 0) is 11.6 Å². The van der Waals surface area contributed by atoms with Gasteiger partial charge in [0.25, 0.3) is 0 Å². The van der Waals surface area contributed by atoms with E-state index in [0.717, 1.165) is 38.6 Å². The fraction of sp³-hybridized carbons (Fsp3) is 0.455. The Balaban J connectivity index is 2.21. The van der Waals surface area contributed by atoms with Gasteiger partial charge in [-0.25, -0.2) is 0 Å². The second-order valence-corrected chi connectivity index (χ2v) is 5.69. The highest BCUT2D eigenvalue weighted by molar-refractivity contribution is 9.10. The van der Waals surface area contributed by atoms with Gasteiger partial charge < -0.3 is 14.6 Å². The standard InChI is InChI=1S/C11H11BrO3S/c12-7-3-9-11(15-2-1-14-9)10-6(7)4-16-5-8(10)13/h3,8,13H,1-2,4-5H2/t8-/m0/s1. The van der Waals surface area contributed by atoms with Crippen molar-refractivity contribution in [3.63, 3.8) is 0 Å². The maximum Gasteiger partial charge on any atom is 0.167 e. The molecule has 1 atom stereocenters. The van der Waals surface area contributed by atoms with Crippen molar-refractivity contribution in [3.05, 3.63) is 21.7 Å². The summed E-state index contributed by atoms with van der Waals surface area (Å²) in [6.07, 6.45) is -0.457. The third kappa shape index (κ3) is 1.61. The lowest BCUT2D eigenvalue weighted by Crippen LogP contribution is -2.20. The monoisotopic (exact) mass is 302 g/mol. The van der Waals surface area contributed by atoms with Crippen LogP contribution in [0.5, 0.6) is 11.5 Å². The average Bonchev–Trinajstić information content (AvgIpc) is 2.30. The first kappa shape index (κ1) is 10.7. The molecule has 3 rings (SSSR count). The molecular weight excluding hydrogens is 292 g/mol. The highest BCUT2D eigenvalue weighted by Gasteiger charge is 2.29. The van der Waals surface area contributed by atoms with Gasteiger partial charge in [-0.15, -0.1) is 0 Å². The molecule has 0 aliphatic carbocycles. The zero-order valence-corrected chi connectivity index (χ0v) is 10.9. The zero-order chi connectivity index (χ0) is 11.1. The van der Waals surface area contributed by atoms with Crippen LogP contribution in [0.3, 0.4) is 0 Å². The minimum absolute atomic E-state index is 0.457. The Bertz CT molecular complexity index is 436. The van der Waals surface area contributed by atoms with Crippen molar-refractivity contribution >= 4 is 27.7 Å². The molecule has 0 aromatic heterocycles. The molecule has 0 saturated carbocycles. The van der Waals surface area contributed by atoms with Crippen LogP contribution in [0.1, 0.15) is 17.2 Å². The van der Waals surface area contributed by atoms with E-state index in [2.05, 4.69) is 15.9 Å². The van der Waals surface area contributed by atoms with Gasteiger partial charge >= 0.3 is 0 Å². The van der Waals surface area contributed by atoms with Gasteiger partial charge in [-0.2, -0.15) is 11.8 Å². The third-order valence-corrected chi connectivity index (χ3v) is 4.53. The van der Waals surface area contributed by atoms with Gasteiger partial charge in [0.15, 0.2) is 11.5 Å². The molecule has 2 heterocycles. The molecule has 3 nitrogen and oxygen atoms in total. The first-order valence-electron chi connectivity index (χ1n) is 5.14. The Morgan fingerprint density at radius 1 is 1.38 bits per heavy atom. The van der Waals surface area contributed by atoms with Gasteiger partial charge in [-0.1, -0.05) is 15.9 Å². The van der Waals surface area contributed by atoms with Crippen molar-refractivity contribution in [2.45, 2.75) is 11.9 Å². The summed E-state index contributed by atoms with van der Waals surface area (Å²) in [5.41, 5.74) is 2.04. The van der Waals surface area contributed by atoms with Gasteiger partial charge in [0.05, 0.1) is 6.10 Å². The molecule has 2 aliphatic rings. The van der Waals surface area contributed by atoms with E-state index in [0.29, 0.717) is 13.2 Å². The lowest BCUT2D eigenvalue weighted by molar-refractivity contribution is 0.153. The van der Waals surface area contributed by atoms with Gasteiger partial charge in [0.1, 0.15) is 13.2 Å². The van der Waals surface area contributed by atoms with E-state index in [1.165, 1.54) is 0 Å². The highest BCUT2D eigenvalue weighted by Crippen LogP contribution is 2.47. The maximum absolute atomic E-state index is 10.1. The van der Waals surface area contributed by atoms with Gasteiger partial charge in [0, 0.05) is 21.5 Å². The summed E-state index contributed by atoms with van der Waals surface area (Å²) in [4.78, 5) is 0. The topological polar surface area (TPSA) is 38.7 Å². The molecular formula is C11H11BrO3S. The largest absolute Gasteiger partial charge is 0.486 e. The van der Waals surface area contributed by atoms with Crippen LogP contribution in [0.4, 0.5) is 0 Å². The predicted octanol–water partition coefficient (Wildman–Crippen LogP) is 2.50. The molecule has 0 fully saturated rings. The Labute approximate surface area is 106 Å². The van der Waals surface area contributed by atoms with Crippen molar-refractivity contribution in [2.24, 2.45) is 0 Å². The summed E-state index contributed by atoms with van der Waals surface area (Å²) >= 11 is 5.26. The molecule has 0 unspecified atom stereocenters. The second kappa shape index (κ2) is 4.13. The summed E-state index contributed by atoms with van der Waals surface area (Å²) in [6.45, 7) is 1.13. The average molecular weight is 303 g/mol. The van der Waals surface area contributed by atoms with E-state index in [1.807, 2.05) is 6.07 Å². The second-order valence-electron chi connectivity index (χ2n) is 3.81. The van der Waals surface area contributed by atoms with Crippen molar-refractivity contribution in [1.82, 2.24) is 0 Å². The number of rotatable bonds is 0. The number of fused-ring (bicyclic) bond motifs is 3. The summed E-state index contributed by atoms with van der Waals surface area (Å²) in [5.74, 6) is 3.10. The summed E-state index contributed by atoms with van der Waals surface area (Å²) in [6, 6.07) is 1.94. The number of aliphatic hydroxyl groups excluding tert-OH is 1. The van der Waals surface area contributed by atoms with E-state index >= 15 is 0 Å². The first-order valence-corrected chi connectivity index (χ1v) is 7.09. The molecule has 1 aromatic rings. The summed E-state index contributed by atoms with van der Waals surface area (Å²) in [7, 11) is 0. The third-order valence-electron chi connectivity index (χ3n) is 2.78. The zero-order valence-electron chi connectivity index (χ0n) is 8.53. The Kier molecular flexibility index (Phi) is 2.77. The lowest BCUT2D eigenvalue weighted by Gasteiger charge is -2.29. The predicted molar refractivity (Wildman–Crippen MR) is 66.3 cm³/mol. The van der Waals surface area contributed by atoms with Crippen LogP contribution in [0.25, 0.3) is 0 Å². The fourth-order valence-electron chi connectivity index (χ4n) is 2.07. The Morgan fingerprint density at radius 3 is 3.06 bits per heavy atom. The Morgan fingerprint density at radius 2 is 2.19 bits per heavy atom. The molecule has 0 bridgehead atoms. The molecule has 0 radical (unpaired) electrons. The van der Waals surface area contributed by atoms with Crippen LogP contribution in [-0.4, -0.2) is 24.1 Å². The smallest absolute Gasteiger partial charge is 0.167 e. The summed E-state index contributed by atoms with van der Waals surface area (Å²) in [5, 5.41) is 10.1. The van der Waals surface area contributed by atoms with Crippen LogP contribution in [-0.2, 0) is 5.75 Å². The van der Waals surface area contributed by atoms with E-state index < -0.39 is 6.10 Å². The molecule has 5 heteroatoms. The molecule has 0 spiro atoms. The van der Waals surface area contributed by atoms with Crippen molar-refractivity contribution in [2.75, 3.05) is 19.0 Å². The van der Waals surface area contributed by atoms with Crippen molar-refractivity contribution in [3.8, 4) is 11.5 Å². The van der Waals surface area contributed by atoms with Crippen LogP contribution in [0, 0.1) is 0 Å². The van der Waals surface area contributed by atoms with E-state index in [1.54, 1.807) is 11.8 Å². The van der Waals surface area contributed by atoms with Crippen molar-refractivity contribution < 1.29 is 14.6 Å². The quantitative estimate of drug-likeness (QED) is 0.799. The highest BCUT2D eigenvalue weighted by atomic mass is 79.9. The van der Waals surface area contributed by atoms with E-state index in [-0.39, 0.29) is 0 Å². The molecule has 0 saturated heterocycles. The Hall–Kier alpha value is -0.390. The van der Waals surface area contributed by atoms with Gasteiger partial charge in [-0.3, -0.25) is 0 Å². The van der Waals surface area contributed by atoms with Crippen LogP contribution < -0.4 is 9.47 Å². The van der Waals surface area contributed by atoms with Crippen molar-refractivity contribution in [1.29, 1.82) is 0 Å². The molecule has 1 N–H and O–H groups in total. The fourth-order valence-corrected chi connectivity index (χ4v) is 3.84. The lowest BCUT2D eigenvalue weighted by atomic mass is 10.0. The summed E-state index contributed by atoms with van der Waals surface area (Å²) < 4.78 is 12.2. The SMILES string of the molecule is O[C@H]1CSCc2c(Br)cc3c(c21)OCCO3. The number of ether oxygens (including phenoxy) is 2. The maximum atomic E-state index is 10.1. The molecule has 86 valence electrons. The minimum Gasteiger partial charge on any atom is -0.486 e. The van der Waals surface area contributed by atoms with E-state index in [4.69, 9.17) is 9.47 Å². The number of aliphatic hydroxyl groups is 1. The van der Waals surface area contributed by atoms with Crippen LogP contribution >= 0.6 is 27.7 Å². The number of benzene rings is 1. The molecule has 2 aliphatic heterocycles. The number of hydrogen-bond acceptors (Lipinski definition) is 4.